The summed E-state index contributed by atoms with van der Waals surface area (Å²) in [7, 11) is 0. The van der Waals surface area contributed by atoms with E-state index in [1.165, 1.54) is 16.3 Å². The Morgan fingerprint density at radius 1 is 0.833 bits per heavy atom. The summed E-state index contributed by atoms with van der Waals surface area (Å²) in [5.41, 5.74) is 3.48. The van der Waals surface area contributed by atoms with Crippen LogP contribution in [0.3, 0.4) is 0 Å². The molecule has 4 heteroatoms. The normalized spacial score (nSPS) is 25.5. The van der Waals surface area contributed by atoms with Gasteiger partial charge in [-0.15, -0.1) is 35.9 Å². The summed E-state index contributed by atoms with van der Waals surface area (Å²) < 4.78 is 0. The Labute approximate surface area is 231 Å². The predicted octanol–water partition coefficient (Wildman–Crippen LogP) is 7.37. The standard InChI is InChI=1S/C16H12N.C16H30O2.Ir/c1-12-6-5-9-15-14(12)10-11-17-16(15)13-7-3-2-4-8-13;1-5-15(6-2)9-11-10-16(7-3,8-4)14(18)12(11)13(15)17;/h2-7,9-11H,1H3;11-14,17-18H,5-10H2,1-4H3;/q-1;;. The van der Waals surface area contributed by atoms with Gasteiger partial charge in [-0.25, -0.2) is 0 Å². The first-order chi connectivity index (χ1) is 16.9. The van der Waals surface area contributed by atoms with Crippen molar-refractivity contribution in [2.24, 2.45) is 22.7 Å². The molecule has 2 N–H and O–H groups in total. The first kappa shape index (κ1) is 29.0. The number of aromatic nitrogens is 1. The molecule has 0 amide bonds. The van der Waals surface area contributed by atoms with Crippen LogP contribution in [-0.4, -0.2) is 27.4 Å². The van der Waals surface area contributed by atoms with Crippen molar-refractivity contribution in [1.82, 2.24) is 4.98 Å². The number of aliphatic hydroxyl groups is 2. The first-order valence-corrected chi connectivity index (χ1v) is 13.5. The smallest absolute Gasteiger partial charge is 0.0651 e. The van der Waals surface area contributed by atoms with Gasteiger partial charge in [0.1, 0.15) is 0 Å². The maximum atomic E-state index is 10.7. The molecule has 0 bridgehead atoms. The van der Waals surface area contributed by atoms with Gasteiger partial charge in [0.2, 0.25) is 0 Å². The summed E-state index contributed by atoms with van der Waals surface area (Å²) in [4.78, 5) is 4.49. The fourth-order valence-electron chi connectivity index (χ4n) is 7.17. The van der Waals surface area contributed by atoms with Gasteiger partial charge in [0, 0.05) is 32.2 Å². The number of hydrogen-bond acceptors (Lipinski definition) is 3. The molecule has 3 nitrogen and oxygen atoms in total. The van der Waals surface area contributed by atoms with Gasteiger partial charge >= 0.3 is 0 Å². The number of pyridine rings is 1. The van der Waals surface area contributed by atoms with Crippen molar-refractivity contribution < 1.29 is 30.3 Å². The van der Waals surface area contributed by atoms with Crippen molar-refractivity contribution in [1.29, 1.82) is 0 Å². The second kappa shape index (κ2) is 11.9. The molecular weight excluding hydrogens is 623 g/mol. The number of fused-ring (bicyclic) bond motifs is 2. The number of rotatable bonds is 5. The van der Waals surface area contributed by atoms with Crippen molar-refractivity contribution >= 4 is 10.8 Å². The van der Waals surface area contributed by atoms with E-state index in [0.29, 0.717) is 5.92 Å². The first-order valence-electron chi connectivity index (χ1n) is 13.5. The van der Waals surface area contributed by atoms with Gasteiger partial charge in [-0.2, -0.15) is 0 Å². The van der Waals surface area contributed by atoms with Gasteiger partial charge < -0.3 is 15.2 Å². The molecule has 2 aromatic carbocycles. The van der Waals surface area contributed by atoms with Gasteiger partial charge in [-0.1, -0.05) is 45.9 Å². The van der Waals surface area contributed by atoms with Crippen LogP contribution in [0.2, 0.25) is 0 Å². The van der Waals surface area contributed by atoms with Crippen LogP contribution in [0.15, 0.2) is 54.7 Å². The SMILES string of the molecule is CCC1(CC)CC2CC(CC)(CC)C(O)C2C1O.Cc1cccc2c(-c3[c-]cccc3)nccc12.[Ir]. The Morgan fingerprint density at radius 3 is 1.94 bits per heavy atom. The molecule has 0 spiro atoms. The van der Waals surface area contributed by atoms with Crippen molar-refractivity contribution in [3.8, 4) is 11.3 Å². The van der Waals surface area contributed by atoms with E-state index in [1.807, 2.05) is 30.5 Å². The Bertz CT molecular complexity index is 1100. The zero-order chi connectivity index (χ0) is 25.2. The van der Waals surface area contributed by atoms with Gasteiger partial charge in [-0.3, -0.25) is 0 Å². The van der Waals surface area contributed by atoms with E-state index in [9.17, 15) is 10.2 Å². The molecule has 1 aromatic heterocycles. The predicted molar refractivity (Wildman–Crippen MR) is 145 cm³/mol. The Balaban J connectivity index is 0.000000195. The topological polar surface area (TPSA) is 53.4 Å². The van der Waals surface area contributed by atoms with Crippen molar-refractivity contribution in [2.45, 2.75) is 85.4 Å². The van der Waals surface area contributed by atoms with Crippen LogP contribution < -0.4 is 0 Å². The molecule has 1 heterocycles. The van der Waals surface area contributed by atoms with E-state index < -0.39 is 0 Å². The molecule has 2 unspecified atom stereocenters. The van der Waals surface area contributed by atoms with Crippen LogP contribution in [0.1, 0.15) is 71.8 Å². The molecule has 5 rings (SSSR count). The summed E-state index contributed by atoms with van der Waals surface area (Å²) in [5.74, 6) is 0.666. The third-order valence-corrected chi connectivity index (χ3v) is 9.67. The van der Waals surface area contributed by atoms with Crippen LogP contribution in [0.4, 0.5) is 0 Å². The largest absolute Gasteiger partial charge is 0.392 e. The minimum absolute atomic E-state index is 0. The van der Waals surface area contributed by atoms with Crippen LogP contribution in [0, 0.1) is 35.7 Å². The summed E-state index contributed by atoms with van der Waals surface area (Å²) in [6.45, 7) is 10.9. The minimum Gasteiger partial charge on any atom is -0.392 e. The summed E-state index contributed by atoms with van der Waals surface area (Å²) in [5, 5.41) is 23.9. The molecule has 2 fully saturated rings. The molecule has 2 aliphatic carbocycles. The van der Waals surface area contributed by atoms with Crippen LogP contribution >= 0.6 is 0 Å². The molecule has 0 aliphatic heterocycles. The van der Waals surface area contributed by atoms with E-state index in [0.717, 1.165) is 49.8 Å². The third kappa shape index (κ3) is 4.95. The quantitative estimate of drug-likeness (QED) is 0.280. The van der Waals surface area contributed by atoms with Crippen LogP contribution in [0.25, 0.3) is 22.0 Å². The number of nitrogens with zero attached hydrogens (tertiary/aromatic N) is 1. The number of aryl methyl sites for hydroxylation is 1. The average molecular weight is 665 g/mol. The van der Waals surface area contributed by atoms with Gasteiger partial charge in [-0.05, 0) is 90.3 Å². The summed E-state index contributed by atoms with van der Waals surface area (Å²) in [6.07, 6.45) is 7.65. The monoisotopic (exact) mass is 665 g/mol. The van der Waals surface area contributed by atoms with Gasteiger partial charge in [0.25, 0.3) is 0 Å². The Morgan fingerprint density at radius 2 is 1.44 bits per heavy atom. The molecule has 2 saturated carbocycles. The molecule has 1 radical (unpaired) electrons. The van der Waals surface area contributed by atoms with Crippen molar-refractivity contribution in [3.63, 3.8) is 0 Å². The molecule has 0 saturated heterocycles. The van der Waals surface area contributed by atoms with Gasteiger partial charge in [0.15, 0.2) is 0 Å². The second-order valence-corrected chi connectivity index (χ2v) is 10.9. The van der Waals surface area contributed by atoms with Crippen molar-refractivity contribution in [2.75, 3.05) is 0 Å². The maximum Gasteiger partial charge on any atom is 0.0651 e. The zero-order valence-corrected chi connectivity index (χ0v) is 24.8. The van der Waals surface area contributed by atoms with E-state index in [4.69, 9.17) is 0 Å². The fraction of sp³-hybridized carbons (Fsp3) is 0.531. The fourth-order valence-corrected chi connectivity index (χ4v) is 7.17. The number of hydrogen-bond donors (Lipinski definition) is 2. The summed E-state index contributed by atoms with van der Waals surface area (Å²) in [6, 6.07) is 19.6. The van der Waals surface area contributed by atoms with Crippen molar-refractivity contribution in [3.05, 3.63) is 66.4 Å². The summed E-state index contributed by atoms with van der Waals surface area (Å²) >= 11 is 0. The van der Waals surface area contributed by atoms with E-state index in [1.54, 1.807) is 0 Å². The molecule has 36 heavy (non-hydrogen) atoms. The molecule has 197 valence electrons. The Kier molecular flexibility index (Phi) is 9.55. The number of aliphatic hydroxyl groups excluding tert-OH is 2. The third-order valence-electron chi connectivity index (χ3n) is 9.67. The van der Waals surface area contributed by atoms with E-state index in [-0.39, 0.29) is 49.1 Å². The van der Waals surface area contributed by atoms with E-state index >= 15 is 0 Å². The molecule has 2 atom stereocenters. The van der Waals surface area contributed by atoms with E-state index in [2.05, 4.69) is 69.9 Å². The zero-order valence-electron chi connectivity index (χ0n) is 22.4. The van der Waals surface area contributed by atoms with Crippen LogP contribution in [0.5, 0.6) is 0 Å². The molecular formula is C32H42IrNO2-. The van der Waals surface area contributed by atoms with Crippen LogP contribution in [-0.2, 0) is 20.1 Å². The second-order valence-electron chi connectivity index (χ2n) is 10.9. The molecule has 2 aliphatic rings. The average Bonchev–Trinajstić information content (AvgIpc) is 3.34. The number of benzene rings is 2. The minimum atomic E-state index is -0.299. The molecule has 3 aromatic rings. The maximum absolute atomic E-state index is 10.7. The Hall–Kier alpha value is -1.58. The van der Waals surface area contributed by atoms with Gasteiger partial charge in [0.05, 0.1) is 12.2 Å².